The minimum absolute atomic E-state index is 0.280. The molecule has 4 heteroatoms. The van der Waals surface area contributed by atoms with Gasteiger partial charge >= 0.3 is 0 Å². The molecule has 0 aliphatic rings. The first-order valence-corrected chi connectivity index (χ1v) is 5.99. The van der Waals surface area contributed by atoms with E-state index in [0.29, 0.717) is 24.2 Å². The lowest BCUT2D eigenvalue weighted by molar-refractivity contribution is 0.0912. The van der Waals surface area contributed by atoms with E-state index in [-0.39, 0.29) is 5.91 Å². The first-order valence-electron chi connectivity index (χ1n) is 5.99. The fourth-order valence-electron chi connectivity index (χ4n) is 1.73. The van der Waals surface area contributed by atoms with E-state index in [9.17, 15) is 10.1 Å². The van der Waals surface area contributed by atoms with E-state index in [1.165, 1.54) is 7.11 Å². The van der Waals surface area contributed by atoms with Gasteiger partial charge in [0.05, 0.1) is 18.7 Å². The van der Waals surface area contributed by atoms with Crippen LogP contribution >= 0.6 is 0 Å². The number of hydrogen-bond donors (Lipinski definition) is 1. The molecular weight excluding hydrogens is 228 g/mol. The number of nitriles is 1. The van der Waals surface area contributed by atoms with Crippen LogP contribution in [-0.4, -0.2) is 18.6 Å². The summed E-state index contributed by atoms with van der Waals surface area (Å²) in [7, 11) is 1.52. The fourth-order valence-corrected chi connectivity index (χ4v) is 1.73. The molecule has 1 N–H and O–H groups in total. The molecule has 96 valence electrons. The monoisotopic (exact) mass is 246 g/mol. The highest BCUT2D eigenvalue weighted by Gasteiger charge is 2.28. The van der Waals surface area contributed by atoms with Crippen molar-refractivity contribution in [3.63, 3.8) is 0 Å². The zero-order valence-corrected chi connectivity index (χ0v) is 11.0. The molecule has 0 fully saturated rings. The summed E-state index contributed by atoms with van der Waals surface area (Å²) in [6.45, 7) is 3.77. The maximum Gasteiger partial charge on any atom is 0.256 e. The topological polar surface area (TPSA) is 62.1 Å². The van der Waals surface area contributed by atoms with Crippen molar-refractivity contribution < 1.29 is 9.53 Å². The molecule has 18 heavy (non-hydrogen) atoms. The summed E-state index contributed by atoms with van der Waals surface area (Å²) < 4.78 is 5.14. The third kappa shape index (κ3) is 2.80. The molecular formula is C14H18N2O2. The second-order valence-corrected chi connectivity index (χ2v) is 4.06. The number of carbonyl (C=O) groups is 1. The number of hydrogen-bond acceptors (Lipinski definition) is 3. The number of methoxy groups -OCH3 is 1. The maximum atomic E-state index is 12.2. The molecule has 0 heterocycles. The van der Waals surface area contributed by atoms with Crippen molar-refractivity contribution in [1.82, 2.24) is 5.32 Å². The van der Waals surface area contributed by atoms with Crippen LogP contribution in [0.5, 0.6) is 5.75 Å². The highest BCUT2D eigenvalue weighted by Crippen LogP contribution is 2.20. The number of amides is 1. The van der Waals surface area contributed by atoms with E-state index in [2.05, 4.69) is 11.4 Å². The molecule has 0 saturated heterocycles. The smallest absolute Gasteiger partial charge is 0.256 e. The predicted octanol–water partition coefficient (Wildman–Crippen LogP) is 2.51. The largest absolute Gasteiger partial charge is 0.496 e. The van der Waals surface area contributed by atoms with E-state index in [4.69, 9.17) is 4.74 Å². The minimum Gasteiger partial charge on any atom is -0.496 e. The molecule has 1 aromatic rings. The molecule has 0 aliphatic heterocycles. The van der Waals surface area contributed by atoms with Crippen LogP contribution in [0.3, 0.4) is 0 Å². The number of benzene rings is 1. The molecule has 1 rings (SSSR count). The molecule has 0 aromatic heterocycles. The van der Waals surface area contributed by atoms with Crippen LogP contribution in [0.1, 0.15) is 37.0 Å². The van der Waals surface area contributed by atoms with Gasteiger partial charge in [-0.15, -0.1) is 0 Å². The SMILES string of the molecule is CCC(C#N)(CC)NC(=O)c1ccccc1OC. The Morgan fingerprint density at radius 1 is 1.39 bits per heavy atom. The van der Waals surface area contributed by atoms with Gasteiger partial charge in [-0.05, 0) is 25.0 Å². The molecule has 0 atom stereocenters. The molecule has 4 nitrogen and oxygen atoms in total. The van der Waals surface area contributed by atoms with Crippen LogP contribution in [-0.2, 0) is 0 Å². The average molecular weight is 246 g/mol. The third-order valence-electron chi connectivity index (χ3n) is 3.13. The Morgan fingerprint density at radius 2 is 2.00 bits per heavy atom. The standard InChI is InChI=1S/C14H18N2O2/c1-4-14(5-2,10-15)16-13(17)11-8-6-7-9-12(11)18-3/h6-9H,4-5H2,1-3H3,(H,16,17). The van der Waals surface area contributed by atoms with Gasteiger partial charge < -0.3 is 10.1 Å². The highest BCUT2D eigenvalue weighted by molar-refractivity contribution is 5.97. The van der Waals surface area contributed by atoms with Crippen LogP contribution in [0.2, 0.25) is 0 Å². The van der Waals surface area contributed by atoms with Crippen LogP contribution in [0.15, 0.2) is 24.3 Å². The van der Waals surface area contributed by atoms with Gasteiger partial charge in [-0.3, -0.25) is 4.79 Å². The lowest BCUT2D eigenvalue weighted by Crippen LogP contribution is -2.46. The van der Waals surface area contributed by atoms with Gasteiger partial charge in [-0.25, -0.2) is 0 Å². The fraction of sp³-hybridized carbons (Fsp3) is 0.429. The van der Waals surface area contributed by atoms with E-state index in [1.807, 2.05) is 13.8 Å². The van der Waals surface area contributed by atoms with Crippen molar-refractivity contribution in [2.75, 3.05) is 7.11 Å². The summed E-state index contributed by atoms with van der Waals surface area (Å²) in [6, 6.07) is 9.15. The molecule has 0 unspecified atom stereocenters. The lowest BCUT2D eigenvalue weighted by Gasteiger charge is -2.25. The zero-order valence-electron chi connectivity index (χ0n) is 11.0. The van der Waals surface area contributed by atoms with E-state index < -0.39 is 5.54 Å². The Bertz CT molecular complexity index is 459. The van der Waals surface area contributed by atoms with Gasteiger partial charge in [0.15, 0.2) is 0 Å². The van der Waals surface area contributed by atoms with E-state index in [0.717, 1.165) is 0 Å². The molecule has 1 aromatic carbocycles. The van der Waals surface area contributed by atoms with Gasteiger partial charge in [0, 0.05) is 0 Å². The number of para-hydroxylation sites is 1. The number of rotatable bonds is 5. The summed E-state index contributed by atoms with van der Waals surface area (Å²) in [6.07, 6.45) is 1.14. The van der Waals surface area contributed by atoms with Crippen LogP contribution < -0.4 is 10.1 Å². The Labute approximate surface area is 108 Å². The van der Waals surface area contributed by atoms with Crippen LogP contribution in [0, 0.1) is 11.3 Å². The number of nitrogens with zero attached hydrogens (tertiary/aromatic N) is 1. The first-order chi connectivity index (χ1) is 8.62. The molecule has 0 saturated carbocycles. The molecule has 0 aliphatic carbocycles. The summed E-state index contributed by atoms with van der Waals surface area (Å²) in [5, 5.41) is 12.0. The van der Waals surface area contributed by atoms with E-state index in [1.54, 1.807) is 24.3 Å². The maximum absolute atomic E-state index is 12.2. The summed E-state index contributed by atoms with van der Waals surface area (Å²) in [5.74, 6) is 0.228. The first kappa shape index (κ1) is 14.0. The Balaban J connectivity index is 2.99. The quantitative estimate of drug-likeness (QED) is 0.868. The molecule has 0 spiro atoms. The van der Waals surface area contributed by atoms with Gasteiger partial charge in [0.25, 0.3) is 5.91 Å². The Hall–Kier alpha value is -2.02. The zero-order chi connectivity index (χ0) is 13.6. The highest BCUT2D eigenvalue weighted by atomic mass is 16.5. The average Bonchev–Trinajstić information content (AvgIpc) is 2.44. The number of carbonyl (C=O) groups excluding carboxylic acids is 1. The van der Waals surface area contributed by atoms with Crippen LogP contribution in [0.25, 0.3) is 0 Å². The van der Waals surface area contributed by atoms with Crippen molar-refractivity contribution in [1.29, 1.82) is 5.26 Å². The van der Waals surface area contributed by atoms with Crippen molar-refractivity contribution in [2.45, 2.75) is 32.2 Å². The summed E-state index contributed by atoms with van der Waals surface area (Å²) >= 11 is 0. The Kier molecular flexibility index (Phi) is 4.73. The van der Waals surface area contributed by atoms with E-state index >= 15 is 0 Å². The second-order valence-electron chi connectivity index (χ2n) is 4.06. The summed E-state index contributed by atoms with van der Waals surface area (Å²) in [4.78, 5) is 12.2. The lowest BCUT2D eigenvalue weighted by atomic mass is 9.94. The summed E-state index contributed by atoms with van der Waals surface area (Å²) in [5.41, 5.74) is -0.362. The number of nitrogens with one attached hydrogen (secondary N) is 1. The number of ether oxygens (including phenoxy) is 1. The normalized spacial score (nSPS) is 10.6. The van der Waals surface area contributed by atoms with Gasteiger partial charge in [0.1, 0.15) is 11.3 Å². The van der Waals surface area contributed by atoms with Gasteiger partial charge in [-0.2, -0.15) is 5.26 Å². The van der Waals surface area contributed by atoms with Gasteiger partial charge in [-0.1, -0.05) is 26.0 Å². The van der Waals surface area contributed by atoms with Crippen molar-refractivity contribution in [3.05, 3.63) is 29.8 Å². The third-order valence-corrected chi connectivity index (χ3v) is 3.13. The molecule has 0 radical (unpaired) electrons. The predicted molar refractivity (Wildman–Crippen MR) is 69.4 cm³/mol. The van der Waals surface area contributed by atoms with Gasteiger partial charge in [0.2, 0.25) is 0 Å². The van der Waals surface area contributed by atoms with Crippen LogP contribution in [0.4, 0.5) is 0 Å². The molecule has 1 amide bonds. The minimum atomic E-state index is -0.808. The Morgan fingerprint density at radius 3 is 2.50 bits per heavy atom. The van der Waals surface area contributed by atoms with Crippen molar-refractivity contribution in [3.8, 4) is 11.8 Å². The van der Waals surface area contributed by atoms with Crippen molar-refractivity contribution in [2.24, 2.45) is 0 Å². The second kappa shape index (κ2) is 6.06. The molecule has 0 bridgehead atoms. The van der Waals surface area contributed by atoms with Crippen molar-refractivity contribution >= 4 is 5.91 Å².